The first-order valence-corrected chi connectivity index (χ1v) is 11.0. The van der Waals surface area contributed by atoms with Gasteiger partial charge >= 0.3 is 11.9 Å². The quantitative estimate of drug-likeness (QED) is 0.554. The minimum atomic E-state index is -1.15. The van der Waals surface area contributed by atoms with Crippen molar-refractivity contribution in [2.24, 2.45) is 5.92 Å². The Bertz CT molecular complexity index is 1190. The lowest BCUT2D eigenvalue weighted by Crippen LogP contribution is -2.32. The zero-order valence-corrected chi connectivity index (χ0v) is 19.7. The second-order valence-electron chi connectivity index (χ2n) is 8.38. The summed E-state index contributed by atoms with van der Waals surface area (Å²) in [5.74, 6) is -2.73. The highest BCUT2D eigenvalue weighted by molar-refractivity contribution is 5.99. The predicted molar refractivity (Wildman–Crippen MR) is 127 cm³/mol. The smallest absolute Gasteiger partial charge is 0.336 e. The number of esters is 1. The van der Waals surface area contributed by atoms with Crippen molar-refractivity contribution in [1.82, 2.24) is 5.32 Å². The van der Waals surface area contributed by atoms with Gasteiger partial charge in [0.1, 0.15) is 19.0 Å². The molecule has 3 rings (SSSR count). The molecule has 34 heavy (non-hydrogen) atoms. The molecule has 2 aromatic carbocycles. The Kier molecular flexibility index (Phi) is 7.75. The summed E-state index contributed by atoms with van der Waals surface area (Å²) in [6.07, 6.45) is 0. The van der Waals surface area contributed by atoms with E-state index in [9.17, 15) is 14.7 Å². The average Bonchev–Trinajstić information content (AvgIpc) is 2.81. The molecule has 0 aliphatic carbocycles. The predicted octanol–water partition coefficient (Wildman–Crippen LogP) is 4.60. The van der Waals surface area contributed by atoms with Crippen molar-refractivity contribution in [3.8, 4) is 11.8 Å². The zero-order chi connectivity index (χ0) is 24.8. The molecule has 0 saturated heterocycles. The van der Waals surface area contributed by atoms with Crippen molar-refractivity contribution >= 4 is 11.9 Å². The molecule has 7 nitrogen and oxygen atoms in total. The third-order valence-electron chi connectivity index (χ3n) is 5.64. The number of ether oxygens (including phenoxy) is 2. The van der Waals surface area contributed by atoms with E-state index >= 15 is 0 Å². The number of nitrogens with zero attached hydrogens (tertiary/aromatic N) is 1. The molecule has 176 valence electrons. The van der Waals surface area contributed by atoms with Gasteiger partial charge < -0.3 is 19.9 Å². The number of allylic oxidation sites excluding steroid dienone is 2. The molecule has 0 fully saturated rings. The lowest BCUT2D eigenvalue weighted by molar-refractivity contribution is -0.140. The summed E-state index contributed by atoms with van der Waals surface area (Å²) in [5.41, 5.74) is 3.80. The van der Waals surface area contributed by atoms with Crippen molar-refractivity contribution in [3.63, 3.8) is 0 Å². The van der Waals surface area contributed by atoms with Gasteiger partial charge in [-0.2, -0.15) is 5.26 Å². The van der Waals surface area contributed by atoms with Crippen LogP contribution in [0, 0.1) is 24.2 Å². The molecule has 2 N–H and O–H groups in total. The van der Waals surface area contributed by atoms with Crippen molar-refractivity contribution in [2.75, 3.05) is 6.61 Å². The van der Waals surface area contributed by atoms with E-state index in [-0.39, 0.29) is 24.4 Å². The standard InChI is InChI=1S/C27H28N2O5/c1-16-9-11-20(12-10-16)15-33-22-8-6-5-7-21(22)25-23(26(30)31)18(3)29-19(4)24(25)27(32)34-14-17(2)13-28/h5-12,17,25,29H,14-15H2,1-4H3,(H,30,31). The summed E-state index contributed by atoms with van der Waals surface area (Å²) in [7, 11) is 0. The lowest BCUT2D eigenvalue weighted by atomic mass is 9.80. The zero-order valence-electron chi connectivity index (χ0n) is 19.7. The van der Waals surface area contributed by atoms with E-state index in [1.165, 1.54) is 0 Å². The molecule has 1 heterocycles. The maximum absolute atomic E-state index is 13.1. The molecule has 1 aliphatic heterocycles. The maximum atomic E-state index is 13.1. The fraction of sp³-hybridized carbons (Fsp3) is 0.296. The molecule has 0 aromatic heterocycles. The molecule has 1 aliphatic rings. The van der Waals surface area contributed by atoms with Crippen molar-refractivity contribution in [2.45, 2.75) is 40.2 Å². The number of carboxylic acids is 1. The van der Waals surface area contributed by atoms with Crippen LogP contribution >= 0.6 is 0 Å². The molecular formula is C27H28N2O5. The summed E-state index contributed by atoms with van der Waals surface area (Å²) in [4.78, 5) is 25.4. The summed E-state index contributed by atoms with van der Waals surface area (Å²) in [6.45, 7) is 7.22. The van der Waals surface area contributed by atoms with Gasteiger partial charge in [0.05, 0.1) is 29.1 Å². The number of benzene rings is 2. The fourth-order valence-electron chi connectivity index (χ4n) is 3.87. The van der Waals surface area contributed by atoms with Gasteiger partial charge in [-0.05, 0) is 39.3 Å². The molecule has 2 aromatic rings. The Balaban J connectivity index is 2.02. The first-order valence-electron chi connectivity index (χ1n) is 11.0. The minimum Gasteiger partial charge on any atom is -0.489 e. The third-order valence-corrected chi connectivity index (χ3v) is 5.64. The summed E-state index contributed by atoms with van der Waals surface area (Å²) >= 11 is 0. The third kappa shape index (κ3) is 5.46. The van der Waals surface area contributed by atoms with E-state index in [2.05, 4.69) is 5.32 Å². The molecule has 0 bridgehead atoms. The fourth-order valence-corrected chi connectivity index (χ4v) is 3.87. The minimum absolute atomic E-state index is 0.0391. The van der Waals surface area contributed by atoms with Gasteiger partial charge in [0, 0.05) is 17.0 Å². The second-order valence-corrected chi connectivity index (χ2v) is 8.38. The van der Waals surface area contributed by atoms with Crippen LogP contribution in [0.2, 0.25) is 0 Å². The van der Waals surface area contributed by atoms with Gasteiger partial charge in [-0.15, -0.1) is 0 Å². The van der Waals surface area contributed by atoms with E-state index < -0.39 is 23.8 Å². The van der Waals surface area contributed by atoms with Crippen molar-refractivity contribution in [1.29, 1.82) is 5.26 Å². The van der Waals surface area contributed by atoms with E-state index in [4.69, 9.17) is 14.7 Å². The van der Waals surface area contributed by atoms with Crippen molar-refractivity contribution in [3.05, 3.63) is 87.8 Å². The van der Waals surface area contributed by atoms with Crippen LogP contribution in [-0.2, 0) is 20.9 Å². The van der Waals surface area contributed by atoms with Gasteiger partial charge in [-0.25, -0.2) is 9.59 Å². The van der Waals surface area contributed by atoms with Crippen LogP contribution in [0.4, 0.5) is 0 Å². The molecule has 0 amide bonds. The van der Waals surface area contributed by atoms with Gasteiger partial charge in [0.2, 0.25) is 0 Å². The number of rotatable bonds is 8. The van der Waals surface area contributed by atoms with Gasteiger partial charge in [-0.3, -0.25) is 0 Å². The van der Waals surface area contributed by atoms with E-state index in [1.807, 2.05) is 37.3 Å². The Morgan fingerprint density at radius 1 is 1.06 bits per heavy atom. The van der Waals surface area contributed by atoms with Crippen molar-refractivity contribution < 1.29 is 24.2 Å². The van der Waals surface area contributed by atoms with Gasteiger partial charge in [0.15, 0.2) is 0 Å². The summed E-state index contributed by atoms with van der Waals surface area (Å²) in [6, 6.07) is 17.1. The highest BCUT2D eigenvalue weighted by Crippen LogP contribution is 2.42. The molecular weight excluding hydrogens is 432 g/mol. The van der Waals surface area contributed by atoms with Crippen LogP contribution in [0.25, 0.3) is 0 Å². The van der Waals surface area contributed by atoms with Crippen LogP contribution in [0.5, 0.6) is 5.75 Å². The second kappa shape index (κ2) is 10.7. The number of hydrogen-bond donors (Lipinski definition) is 2. The molecule has 2 atom stereocenters. The molecule has 0 saturated carbocycles. The Labute approximate surface area is 199 Å². The first-order chi connectivity index (χ1) is 16.2. The Hall–Kier alpha value is -4.05. The number of hydrogen-bond acceptors (Lipinski definition) is 6. The molecule has 0 radical (unpaired) electrons. The molecule has 0 spiro atoms. The molecule has 7 heteroatoms. The van der Waals surface area contributed by atoms with Crippen LogP contribution in [0.15, 0.2) is 71.1 Å². The SMILES string of the molecule is CC1=C(C(=O)O)C(c2ccccc2OCc2ccc(C)cc2)C(C(=O)OCC(C)C#N)=C(C)N1. The highest BCUT2D eigenvalue weighted by Gasteiger charge is 2.38. The maximum Gasteiger partial charge on any atom is 0.336 e. The number of carboxylic acid groups (broad SMARTS) is 1. The van der Waals surface area contributed by atoms with E-state index in [0.717, 1.165) is 11.1 Å². The summed E-state index contributed by atoms with van der Waals surface area (Å²) in [5, 5.41) is 22.1. The average molecular weight is 461 g/mol. The van der Waals surface area contributed by atoms with E-state index in [1.54, 1.807) is 45.0 Å². The Morgan fingerprint density at radius 2 is 1.71 bits per heavy atom. The molecule has 2 unspecified atom stereocenters. The lowest BCUT2D eigenvalue weighted by Gasteiger charge is -2.30. The number of carbonyl (C=O) groups excluding carboxylic acids is 1. The number of nitriles is 1. The monoisotopic (exact) mass is 460 g/mol. The largest absolute Gasteiger partial charge is 0.489 e. The number of aliphatic carboxylic acids is 1. The number of para-hydroxylation sites is 1. The van der Waals surface area contributed by atoms with Gasteiger partial charge in [0.25, 0.3) is 0 Å². The number of nitrogens with one attached hydrogen (secondary N) is 1. The van der Waals surface area contributed by atoms with Crippen LogP contribution in [0.1, 0.15) is 43.4 Å². The van der Waals surface area contributed by atoms with Crippen LogP contribution < -0.4 is 10.1 Å². The van der Waals surface area contributed by atoms with E-state index in [0.29, 0.717) is 22.7 Å². The van der Waals surface area contributed by atoms with Crippen LogP contribution in [0.3, 0.4) is 0 Å². The van der Waals surface area contributed by atoms with Gasteiger partial charge in [-0.1, -0.05) is 48.0 Å². The normalized spacial score (nSPS) is 16.4. The highest BCUT2D eigenvalue weighted by atomic mass is 16.5. The summed E-state index contributed by atoms with van der Waals surface area (Å²) < 4.78 is 11.5. The first kappa shape index (κ1) is 24.6. The number of carbonyl (C=O) groups is 2. The van der Waals surface area contributed by atoms with Crippen LogP contribution in [-0.4, -0.2) is 23.7 Å². The Morgan fingerprint density at radius 3 is 2.35 bits per heavy atom. The topological polar surface area (TPSA) is 109 Å². The number of aryl methyl sites for hydroxylation is 1. The number of dihydropyridines is 1.